The summed E-state index contributed by atoms with van der Waals surface area (Å²) in [4.78, 5) is 38.3. The van der Waals surface area contributed by atoms with Crippen molar-refractivity contribution in [1.29, 1.82) is 0 Å². The molecule has 0 N–H and O–H groups in total. The Morgan fingerprint density at radius 1 is 0.259 bits per heavy atom. The van der Waals surface area contributed by atoms with Crippen molar-refractivity contribution < 1.29 is 28.6 Å². The second-order valence-corrected chi connectivity index (χ2v) is 23.0. The van der Waals surface area contributed by atoms with Crippen LogP contribution in [0.5, 0.6) is 0 Å². The number of allylic oxidation sites excluding steroid dienone is 16. The van der Waals surface area contributed by atoms with E-state index < -0.39 is 6.10 Å². The van der Waals surface area contributed by atoms with E-state index in [0.717, 1.165) is 116 Å². The lowest BCUT2D eigenvalue weighted by atomic mass is 10.0. The highest BCUT2D eigenvalue weighted by Gasteiger charge is 2.19. The van der Waals surface area contributed by atoms with E-state index in [1.807, 2.05) is 0 Å². The van der Waals surface area contributed by atoms with Crippen LogP contribution in [0.25, 0.3) is 0 Å². The molecule has 466 valence electrons. The molecule has 0 spiro atoms. The molecule has 0 aromatic rings. The summed E-state index contributed by atoms with van der Waals surface area (Å²) in [6, 6.07) is 0. The van der Waals surface area contributed by atoms with Gasteiger partial charge in [0.25, 0.3) is 0 Å². The Morgan fingerprint density at radius 2 is 0.481 bits per heavy atom. The number of hydrogen-bond donors (Lipinski definition) is 0. The molecule has 0 aliphatic rings. The summed E-state index contributed by atoms with van der Waals surface area (Å²) in [6.07, 6.45) is 93.2. The molecule has 0 amide bonds. The molecule has 0 aliphatic heterocycles. The minimum atomic E-state index is -0.807. The maximum Gasteiger partial charge on any atom is 0.306 e. The van der Waals surface area contributed by atoms with Gasteiger partial charge in [-0.15, -0.1) is 0 Å². The van der Waals surface area contributed by atoms with Gasteiger partial charge in [0.05, 0.1) is 0 Å². The number of carbonyl (C=O) groups excluding carboxylic acids is 3. The lowest BCUT2D eigenvalue weighted by molar-refractivity contribution is -0.167. The molecule has 6 heteroatoms. The van der Waals surface area contributed by atoms with Crippen molar-refractivity contribution in [1.82, 2.24) is 0 Å². The predicted octanol–water partition coefficient (Wildman–Crippen LogP) is 24.0. The van der Waals surface area contributed by atoms with Crippen LogP contribution in [-0.4, -0.2) is 37.2 Å². The molecule has 0 heterocycles. The number of esters is 3. The van der Waals surface area contributed by atoms with Crippen LogP contribution in [0.4, 0.5) is 0 Å². The molecular weight excluding hydrogens is 997 g/mol. The first-order valence-corrected chi connectivity index (χ1v) is 34.7. The first-order valence-electron chi connectivity index (χ1n) is 34.7. The lowest BCUT2D eigenvalue weighted by Crippen LogP contribution is -2.30. The van der Waals surface area contributed by atoms with Crippen LogP contribution < -0.4 is 0 Å². The van der Waals surface area contributed by atoms with Crippen molar-refractivity contribution in [3.05, 3.63) is 97.2 Å². The number of rotatable bonds is 63. The van der Waals surface area contributed by atoms with Crippen molar-refractivity contribution in [2.45, 2.75) is 348 Å². The normalized spacial score (nSPS) is 12.7. The number of unbranched alkanes of at least 4 members (excludes halogenated alkanes) is 36. The molecule has 0 saturated carbocycles. The van der Waals surface area contributed by atoms with E-state index in [2.05, 4.69) is 118 Å². The van der Waals surface area contributed by atoms with Gasteiger partial charge in [-0.1, -0.05) is 304 Å². The second-order valence-electron chi connectivity index (χ2n) is 23.0. The van der Waals surface area contributed by atoms with E-state index in [4.69, 9.17) is 14.2 Å². The lowest BCUT2D eigenvalue weighted by Gasteiger charge is -2.18. The van der Waals surface area contributed by atoms with Gasteiger partial charge in [0.1, 0.15) is 13.2 Å². The SMILES string of the molecule is CC/C=C\C/C=C\C/C=C\C/C=C\CCCCC(=O)OC(COC(=O)CCCCCCC/C=C\C/C=C\C/C=C\CC)COC(=O)CCCCCCCCCCCCCCCCCCCCCCC/C=C\CCCCCCCCCC. The first kappa shape index (κ1) is 77.3. The summed E-state index contributed by atoms with van der Waals surface area (Å²) in [5, 5.41) is 0. The molecule has 1 atom stereocenters. The van der Waals surface area contributed by atoms with Crippen LogP contribution in [0, 0.1) is 0 Å². The molecule has 6 nitrogen and oxygen atoms in total. The monoisotopic (exact) mass is 1130 g/mol. The molecule has 0 saturated heterocycles. The van der Waals surface area contributed by atoms with Crippen LogP contribution in [0.15, 0.2) is 97.2 Å². The fourth-order valence-corrected chi connectivity index (χ4v) is 9.92. The van der Waals surface area contributed by atoms with Crippen molar-refractivity contribution in [2.24, 2.45) is 0 Å². The van der Waals surface area contributed by atoms with Crippen LogP contribution in [0.2, 0.25) is 0 Å². The maximum absolute atomic E-state index is 12.9. The number of carbonyl (C=O) groups is 3. The molecule has 0 bridgehead atoms. The summed E-state index contributed by atoms with van der Waals surface area (Å²) >= 11 is 0. The molecule has 0 radical (unpaired) electrons. The Hall–Kier alpha value is -3.67. The minimum absolute atomic E-state index is 0.0981. The average Bonchev–Trinajstić information content (AvgIpc) is 3.47. The van der Waals surface area contributed by atoms with Crippen molar-refractivity contribution in [3.63, 3.8) is 0 Å². The van der Waals surface area contributed by atoms with Gasteiger partial charge in [0.15, 0.2) is 6.10 Å². The van der Waals surface area contributed by atoms with Gasteiger partial charge in [-0.25, -0.2) is 0 Å². The molecule has 81 heavy (non-hydrogen) atoms. The van der Waals surface area contributed by atoms with Gasteiger partial charge < -0.3 is 14.2 Å². The van der Waals surface area contributed by atoms with E-state index in [1.54, 1.807) is 0 Å². The summed E-state index contributed by atoms with van der Waals surface area (Å²) < 4.78 is 16.9. The van der Waals surface area contributed by atoms with E-state index in [1.165, 1.54) is 180 Å². The third-order valence-corrected chi connectivity index (χ3v) is 15.1. The minimum Gasteiger partial charge on any atom is -0.462 e. The molecule has 0 fully saturated rings. The molecule has 0 aliphatic carbocycles. The Kier molecular flexibility index (Phi) is 65.7. The van der Waals surface area contributed by atoms with Crippen LogP contribution in [-0.2, 0) is 28.6 Å². The molecule has 1 unspecified atom stereocenters. The Bertz CT molecular complexity index is 1580. The van der Waals surface area contributed by atoms with Crippen LogP contribution in [0.3, 0.4) is 0 Å². The summed E-state index contributed by atoms with van der Waals surface area (Å²) in [7, 11) is 0. The Labute approximate surface area is 502 Å². The Morgan fingerprint density at radius 3 is 0.790 bits per heavy atom. The van der Waals surface area contributed by atoms with E-state index >= 15 is 0 Å². The molecule has 0 rings (SSSR count). The summed E-state index contributed by atoms with van der Waals surface area (Å²) in [5.74, 6) is -0.947. The topological polar surface area (TPSA) is 78.9 Å². The van der Waals surface area contributed by atoms with E-state index in [0.29, 0.717) is 19.3 Å². The van der Waals surface area contributed by atoms with Crippen LogP contribution in [0.1, 0.15) is 342 Å². The van der Waals surface area contributed by atoms with Crippen molar-refractivity contribution in [3.8, 4) is 0 Å². The van der Waals surface area contributed by atoms with Gasteiger partial charge in [-0.05, 0) is 116 Å². The van der Waals surface area contributed by atoms with Gasteiger partial charge in [0.2, 0.25) is 0 Å². The van der Waals surface area contributed by atoms with Gasteiger partial charge in [-0.3, -0.25) is 14.4 Å². The quantitative estimate of drug-likeness (QED) is 0.0261. The zero-order valence-electron chi connectivity index (χ0n) is 53.5. The Balaban J connectivity index is 4.17. The highest BCUT2D eigenvalue weighted by Crippen LogP contribution is 2.17. The van der Waals surface area contributed by atoms with Crippen molar-refractivity contribution in [2.75, 3.05) is 13.2 Å². The number of hydrogen-bond acceptors (Lipinski definition) is 6. The molecular formula is C75H130O6. The fraction of sp³-hybridized carbons (Fsp3) is 0.747. The predicted molar refractivity (Wildman–Crippen MR) is 353 cm³/mol. The van der Waals surface area contributed by atoms with E-state index in [-0.39, 0.29) is 37.5 Å². The molecule has 0 aromatic carbocycles. The molecule has 0 aromatic heterocycles. The van der Waals surface area contributed by atoms with Crippen LogP contribution >= 0.6 is 0 Å². The standard InChI is InChI=1S/C75H130O6/c1-4-7-10-13-16-19-22-25-28-29-30-31-32-33-34-35-36-37-38-39-40-41-42-43-44-45-48-50-53-56-59-62-65-68-74(77)80-71-72(81-75(78)69-66-63-60-57-54-51-47-27-24-21-18-15-12-9-6-3)70-79-73(76)67-64-61-58-55-52-49-46-26-23-20-17-14-11-8-5-2/h8-9,11-12,17-18,20-21,26-27,29-30,46-47,54,57,72H,4-7,10,13-16,19,22-25,28,31-45,48-53,55-56,58-71H2,1-3H3/b11-8-,12-9-,20-17-,21-18-,30-29-,46-26-,47-27-,57-54-. The third-order valence-electron chi connectivity index (χ3n) is 15.1. The zero-order valence-corrected chi connectivity index (χ0v) is 53.5. The largest absolute Gasteiger partial charge is 0.462 e. The van der Waals surface area contributed by atoms with Gasteiger partial charge >= 0.3 is 17.9 Å². The van der Waals surface area contributed by atoms with E-state index in [9.17, 15) is 14.4 Å². The first-order chi connectivity index (χ1) is 40.0. The number of ether oxygens (including phenoxy) is 3. The smallest absolute Gasteiger partial charge is 0.306 e. The second kappa shape index (κ2) is 68.8. The summed E-state index contributed by atoms with van der Waals surface area (Å²) in [6.45, 7) is 6.40. The maximum atomic E-state index is 12.9. The van der Waals surface area contributed by atoms with Crippen molar-refractivity contribution >= 4 is 17.9 Å². The highest BCUT2D eigenvalue weighted by atomic mass is 16.6. The fourth-order valence-electron chi connectivity index (χ4n) is 9.92. The summed E-state index contributed by atoms with van der Waals surface area (Å²) in [5.41, 5.74) is 0. The van der Waals surface area contributed by atoms with Gasteiger partial charge in [0, 0.05) is 19.3 Å². The third kappa shape index (κ3) is 67.0. The average molecular weight is 1130 g/mol. The van der Waals surface area contributed by atoms with Gasteiger partial charge in [-0.2, -0.15) is 0 Å². The highest BCUT2D eigenvalue weighted by molar-refractivity contribution is 5.71. The zero-order chi connectivity index (χ0) is 58.5.